The topological polar surface area (TPSA) is 109 Å². The largest absolute Gasteiger partial charge is 0.493 e. The molecule has 0 saturated carbocycles. The summed E-state index contributed by atoms with van der Waals surface area (Å²) in [6, 6.07) is 20.9. The molecule has 0 bridgehead atoms. The third-order valence-corrected chi connectivity index (χ3v) is 5.05. The van der Waals surface area contributed by atoms with Crippen molar-refractivity contribution in [2.45, 2.75) is 20.0 Å². The Morgan fingerprint density at radius 2 is 1.79 bits per heavy atom. The first-order valence-electron chi connectivity index (χ1n) is 10.6. The van der Waals surface area contributed by atoms with E-state index in [2.05, 4.69) is 5.32 Å². The first kappa shape index (κ1) is 24.1. The quantitative estimate of drug-likeness (QED) is 0.343. The number of hydrogen-bond donors (Lipinski definition) is 2. The summed E-state index contributed by atoms with van der Waals surface area (Å²) in [5.74, 6) is -0.662. The Bertz CT molecular complexity index is 1260. The highest BCUT2D eigenvalue weighted by Gasteiger charge is 2.12. The molecule has 0 atom stereocenters. The third-order valence-electron chi connectivity index (χ3n) is 5.05. The monoisotopic (exact) mass is 456 g/mol. The highest BCUT2D eigenvalue weighted by Crippen LogP contribution is 2.30. The molecule has 34 heavy (non-hydrogen) atoms. The number of carbonyl (C=O) groups is 2. The Balaban J connectivity index is 1.73. The Hall–Kier alpha value is -4.57. The van der Waals surface area contributed by atoms with Gasteiger partial charge < -0.3 is 19.9 Å². The molecule has 0 aliphatic carbocycles. The van der Waals surface area contributed by atoms with Crippen molar-refractivity contribution >= 4 is 23.6 Å². The second-order valence-electron chi connectivity index (χ2n) is 7.38. The molecule has 0 spiro atoms. The lowest BCUT2D eigenvalue weighted by Crippen LogP contribution is -2.13. The average Bonchev–Trinajstić information content (AvgIpc) is 2.86. The van der Waals surface area contributed by atoms with Crippen molar-refractivity contribution in [3.05, 3.63) is 94.6 Å². The molecule has 0 aliphatic rings. The van der Waals surface area contributed by atoms with Crippen molar-refractivity contribution in [1.29, 1.82) is 5.26 Å². The van der Waals surface area contributed by atoms with E-state index in [-0.39, 0.29) is 17.7 Å². The van der Waals surface area contributed by atoms with Crippen LogP contribution in [0.2, 0.25) is 0 Å². The van der Waals surface area contributed by atoms with Crippen LogP contribution in [0.15, 0.2) is 72.3 Å². The normalized spacial score (nSPS) is 10.8. The number of aromatic carboxylic acids is 1. The summed E-state index contributed by atoms with van der Waals surface area (Å²) in [4.78, 5) is 23.7. The number of carboxylic acid groups (broad SMARTS) is 1. The van der Waals surface area contributed by atoms with E-state index < -0.39 is 11.9 Å². The van der Waals surface area contributed by atoms with Crippen LogP contribution in [-0.2, 0) is 17.8 Å². The van der Waals surface area contributed by atoms with Gasteiger partial charge in [-0.3, -0.25) is 4.79 Å². The highest BCUT2D eigenvalue weighted by molar-refractivity contribution is 6.09. The van der Waals surface area contributed by atoms with Gasteiger partial charge in [0.25, 0.3) is 5.91 Å². The van der Waals surface area contributed by atoms with Gasteiger partial charge in [0.2, 0.25) is 0 Å². The Morgan fingerprint density at radius 3 is 2.44 bits per heavy atom. The number of carboxylic acids is 1. The van der Waals surface area contributed by atoms with E-state index in [0.29, 0.717) is 28.3 Å². The molecular formula is C27H24N2O5. The van der Waals surface area contributed by atoms with Crippen molar-refractivity contribution in [3.63, 3.8) is 0 Å². The van der Waals surface area contributed by atoms with Crippen molar-refractivity contribution in [3.8, 4) is 17.6 Å². The molecular weight excluding hydrogens is 432 g/mol. The van der Waals surface area contributed by atoms with Crippen molar-refractivity contribution in [1.82, 2.24) is 0 Å². The molecule has 2 N–H and O–H groups in total. The smallest absolute Gasteiger partial charge is 0.335 e. The van der Waals surface area contributed by atoms with Gasteiger partial charge in [0, 0.05) is 5.69 Å². The second-order valence-corrected chi connectivity index (χ2v) is 7.38. The summed E-state index contributed by atoms with van der Waals surface area (Å²) in [5.41, 5.74) is 3.17. The van der Waals surface area contributed by atoms with Crippen LogP contribution in [0, 0.1) is 11.3 Å². The summed E-state index contributed by atoms with van der Waals surface area (Å²) in [5, 5.41) is 21.3. The van der Waals surface area contributed by atoms with Gasteiger partial charge in [-0.2, -0.15) is 5.26 Å². The number of carbonyl (C=O) groups excluding carboxylic acids is 1. The third kappa shape index (κ3) is 6.24. The first-order valence-corrected chi connectivity index (χ1v) is 10.6. The summed E-state index contributed by atoms with van der Waals surface area (Å²) in [7, 11) is 1.48. The van der Waals surface area contributed by atoms with Gasteiger partial charge in [-0.25, -0.2) is 4.79 Å². The molecule has 0 heterocycles. The maximum absolute atomic E-state index is 12.6. The summed E-state index contributed by atoms with van der Waals surface area (Å²) in [6.07, 6.45) is 2.37. The van der Waals surface area contributed by atoms with E-state index in [1.54, 1.807) is 48.5 Å². The molecule has 0 radical (unpaired) electrons. The fourth-order valence-corrected chi connectivity index (χ4v) is 3.19. The highest BCUT2D eigenvalue weighted by atomic mass is 16.5. The fraction of sp³-hybridized carbons (Fsp3) is 0.148. The molecule has 7 nitrogen and oxygen atoms in total. The number of ether oxygens (including phenoxy) is 2. The van der Waals surface area contributed by atoms with Crippen LogP contribution in [-0.4, -0.2) is 24.1 Å². The Kier molecular flexibility index (Phi) is 8.03. The van der Waals surface area contributed by atoms with Crippen molar-refractivity contribution in [2.75, 3.05) is 12.4 Å². The number of nitrogens with zero attached hydrogens (tertiary/aromatic N) is 1. The lowest BCUT2D eigenvalue weighted by Gasteiger charge is -2.12. The summed E-state index contributed by atoms with van der Waals surface area (Å²) < 4.78 is 11.2. The number of amides is 1. The molecule has 0 unspecified atom stereocenters. The SMILES string of the molecule is CCc1ccc(NC(=O)/C(C#N)=C\c2ccc(OCc3cccc(C(=O)O)c3)c(OC)c2)cc1. The average molecular weight is 456 g/mol. The number of methoxy groups -OCH3 is 1. The Labute approximate surface area is 197 Å². The fourth-order valence-electron chi connectivity index (χ4n) is 3.19. The molecule has 7 heteroatoms. The minimum absolute atomic E-state index is 0.0548. The van der Waals surface area contributed by atoms with Crippen LogP contribution < -0.4 is 14.8 Å². The number of rotatable bonds is 9. The number of aryl methyl sites for hydroxylation is 1. The van der Waals surface area contributed by atoms with Crippen molar-refractivity contribution < 1.29 is 24.2 Å². The molecule has 0 aromatic heterocycles. The van der Waals surface area contributed by atoms with E-state index in [9.17, 15) is 14.9 Å². The van der Waals surface area contributed by atoms with E-state index in [1.165, 1.54) is 19.3 Å². The van der Waals surface area contributed by atoms with Gasteiger partial charge in [0.1, 0.15) is 18.2 Å². The zero-order valence-corrected chi connectivity index (χ0v) is 18.9. The number of anilines is 1. The molecule has 0 saturated heterocycles. The first-order chi connectivity index (χ1) is 16.4. The molecule has 3 rings (SSSR count). The summed E-state index contributed by atoms with van der Waals surface area (Å²) in [6.45, 7) is 2.20. The predicted molar refractivity (Wildman–Crippen MR) is 129 cm³/mol. The van der Waals surface area contributed by atoms with Gasteiger partial charge in [0.05, 0.1) is 12.7 Å². The van der Waals surface area contributed by atoms with Gasteiger partial charge in [-0.1, -0.05) is 37.3 Å². The van der Waals surface area contributed by atoms with E-state index in [0.717, 1.165) is 12.0 Å². The lowest BCUT2D eigenvalue weighted by molar-refractivity contribution is -0.112. The maximum atomic E-state index is 12.6. The van der Waals surface area contributed by atoms with Crippen LogP contribution in [0.4, 0.5) is 5.69 Å². The van der Waals surface area contributed by atoms with Crippen LogP contribution >= 0.6 is 0 Å². The van der Waals surface area contributed by atoms with Crippen LogP contribution in [0.1, 0.15) is 34.0 Å². The van der Waals surface area contributed by atoms with E-state index >= 15 is 0 Å². The number of nitrogens with one attached hydrogen (secondary N) is 1. The van der Waals surface area contributed by atoms with Crippen LogP contribution in [0.25, 0.3) is 6.08 Å². The molecule has 0 aliphatic heterocycles. The van der Waals surface area contributed by atoms with Crippen molar-refractivity contribution in [2.24, 2.45) is 0 Å². The molecule has 3 aromatic rings. The van der Waals surface area contributed by atoms with Gasteiger partial charge in [-0.05, 0) is 65.6 Å². The van der Waals surface area contributed by atoms with Gasteiger partial charge >= 0.3 is 5.97 Å². The molecule has 172 valence electrons. The maximum Gasteiger partial charge on any atom is 0.335 e. The number of nitriles is 1. The van der Waals surface area contributed by atoms with E-state index in [4.69, 9.17) is 14.6 Å². The Morgan fingerprint density at radius 1 is 1.03 bits per heavy atom. The van der Waals surface area contributed by atoms with Crippen LogP contribution in [0.5, 0.6) is 11.5 Å². The van der Waals surface area contributed by atoms with Gasteiger partial charge in [-0.15, -0.1) is 0 Å². The number of hydrogen-bond acceptors (Lipinski definition) is 5. The molecule has 0 fully saturated rings. The van der Waals surface area contributed by atoms with E-state index in [1.807, 2.05) is 25.1 Å². The lowest BCUT2D eigenvalue weighted by atomic mass is 10.1. The predicted octanol–water partition coefficient (Wildman–Crippen LogP) is 5.08. The summed E-state index contributed by atoms with van der Waals surface area (Å²) >= 11 is 0. The number of benzene rings is 3. The zero-order valence-electron chi connectivity index (χ0n) is 18.9. The molecule has 1 amide bonds. The van der Waals surface area contributed by atoms with Crippen LogP contribution in [0.3, 0.4) is 0 Å². The minimum atomic E-state index is -1.01. The standard InChI is InChI=1S/C27H24N2O5/c1-3-18-7-10-23(11-8-18)29-26(30)22(16-28)13-19-9-12-24(25(15-19)33-2)34-17-20-5-4-6-21(14-20)27(31)32/h4-15H,3,17H2,1-2H3,(H,29,30)(H,31,32)/b22-13-. The van der Waals surface area contributed by atoms with Gasteiger partial charge in [0.15, 0.2) is 11.5 Å². The second kappa shape index (κ2) is 11.3. The minimum Gasteiger partial charge on any atom is -0.493 e. The molecule has 3 aromatic carbocycles. The zero-order chi connectivity index (χ0) is 24.5.